The highest BCUT2D eigenvalue weighted by atomic mass is 32.2. The predicted octanol–water partition coefficient (Wildman–Crippen LogP) is 1.75. The lowest BCUT2D eigenvalue weighted by Crippen LogP contribution is -2.38. The topological polar surface area (TPSA) is 91.0 Å². The number of nitrogens with zero attached hydrogens (tertiary/aromatic N) is 2. The Morgan fingerprint density at radius 2 is 1.93 bits per heavy atom. The molecule has 1 amide bonds. The Balaban J connectivity index is 1.99. The van der Waals surface area contributed by atoms with Crippen LogP contribution in [0.2, 0.25) is 0 Å². The number of ether oxygens (including phenoxy) is 1. The molecule has 1 aliphatic heterocycles. The Labute approximate surface area is 174 Å². The number of rotatable bonds is 11. The lowest BCUT2D eigenvalue weighted by molar-refractivity contribution is 0.0374. The number of nitrogens with one attached hydrogen (secondary N) is 2. The van der Waals surface area contributed by atoms with Crippen LogP contribution in [0.15, 0.2) is 18.2 Å². The summed E-state index contributed by atoms with van der Waals surface area (Å²) in [6.45, 7) is 6.82. The van der Waals surface area contributed by atoms with Crippen molar-refractivity contribution in [1.82, 2.24) is 10.2 Å². The molecule has 29 heavy (non-hydrogen) atoms. The molecule has 1 aromatic rings. The first-order chi connectivity index (χ1) is 13.8. The average Bonchev–Trinajstić information content (AvgIpc) is 2.70. The van der Waals surface area contributed by atoms with Crippen molar-refractivity contribution in [2.75, 3.05) is 68.9 Å². The first-order valence-corrected chi connectivity index (χ1v) is 11.9. The third-order valence-electron chi connectivity index (χ3n) is 4.80. The van der Waals surface area contributed by atoms with Crippen molar-refractivity contribution >= 4 is 27.3 Å². The van der Waals surface area contributed by atoms with E-state index in [1.807, 2.05) is 25.9 Å². The molecule has 0 aliphatic carbocycles. The van der Waals surface area contributed by atoms with Crippen LogP contribution in [0.1, 0.15) is 36.5 Å². The molecule has 1 aromatic carbocycles. The third-order valence-corrected chi connectivity index (χ3v) is 6.18. The van der Waals surface area contributed by atoms with Crippen molar-refractivity contribution in [2.45, 2.75) is 26.2 Å². The van der Waals surface area contributed by atoms with Gasteiger partial charge in [0.2, 0.25) is 10.0 Å². The molecule has 1 aliphatic rings. The largest absolute Gasteiger partial charge is 0.379 e. The van der Waals surface area contributed by atoms with Crippen LogP contribution in [0.5, 0.6) is 0 Å². The minimum absolute atomic E-state index is 0.0714. The molecular weight excluding hydrogens is 392 g/mol. The van der Waals surface area contributed by atoms with E-state index in [0.29, 0.717) is 24.2 Å². The highest BCUT2D eigenvalue weighted by Gasteiger charge is 2.17. The van der Waals surface area contributed by atoms with Crippen molar-refractivity contribution in [3.63, 3.8) is 0 Å². The fourth-order valence-corrected chi connectivity index (χ4v) is 4.42. The van der Waals surface area contributed by atoms with Gasteiger partial charge in [0.1, 0.15) is 0 Å². The molecule has 0 radical (unpaired) electrons. The summed E-state index contributed by atoms with van der Waals surface area (Å²) in [4.78, 5) is 16.9. The van der Waals surface area contributed by atoms with Crippen molar-refractivity contribution in [1.29, 1.82) is 0 Å². The smallest absolute Gasteiger partial charge is 0.253 e. The number of benzene rings is 1. The van der Waals surface area contributed by atoms with Gasteiger partial charge < -0.3 is 15.0 Å². The maximum Gasteiger partial charge on any atom is 0.253 e. The van der Waals surface area contributed by atoms with Gasteiger partial charge in [0.25, 0.3) is 5.91 Å². The Kier molecular flexibility index (Phi) is 9.19. The van der Waals surface area contributed by atoms with E-state index in [-0.39, 0.29) is 11.7 Å². The number of hydrogen-bond donors (Lipinski definition) is 2. The van der Waals surface area contributed by atoms with E-state index in [1.54, 1.807) is 18.2 Å². The number of anilines is 2. The maximum atomic E-state index is 12.8. The van der Waals surface area contributed by atoms with Crippen LogP contribution in [-0.4, -0.2) is 78.5 Å². The number of unbranched alkanes of at least 4 members (excludes halogenated alkanes) is 1. The summed E-state index contributed by atoms with van der Waals surface area (Å²) in [5.41, 5.74) is 1.61. The molecule has 1 heterocycles. The van der Waals surface area contributed by atoms with Gasteiger partial charge in [-0.3, -0.25) is 14.4 Å². The standard InChI is InChI=1S/C20H34N4O4S/c1-4-5-15-29(26,27)22-17-7-8-19(23(2)3)18(16-17)20(25)21-9-6-10-24-11-13-28-14-12-24/h7-8,16,22H,4-6,9-15H2,1-3H3,(H,21,25). The molecule has 2 rings (SSSR count). The van der Waals surface area contributed by atoms with E-state index in [2.05, 4.69) is 14.9 Å². The Bertz CT molecular complexity index is 762. The third kappa shape index (κ3) is 7.83. The first-order valence-electron chi connectivity index (χ1n) is 10.2. The van der Waals surface area contributed by atoms with Gasteiger partial charge in [0, 0.05) is 45.1 Å². The molecule has 0 bridgehead atoms. The van der Waals surface area contributed by atoms with E-state index in [4.69, 9.17) is 4.74 Å². The highest BCUT2D eigenvalue weighted by molar-refractivity contribution is 7.92. The minimum Gasteiger partial charge on any atom is -0.379 e. The predicted molar refractivity (Wildman–Crippen MR) is 117 cm³/mol. The molecule has 164 valence electrons. The van der Waals surface area contributed by atoms with E-state index >= 15 is 0 Å². The molecule has 1 fully saturated rings. The van der Waals surface area contributed by atoms with E-state index in [9.17, 15) is 13.2 Å². The van der Waals surface area contributed by atoms with Crippen LogP contribution in [0.25, 0.3) is 0 Å². The second-order valence-electron chi connectivity index (χ2n) is 7.46. The number of hydrogen-bond acceptors (Lipinski definition) is 6. The number of carbonyl (C=O) groups is 1. The molecule has 0 atom stereocenters. The van der Waals surface area contributed by atoms with Crippen LogP contribution in [0.4, 0.5) is 11.4 Å². The van der Waals surface area contributed by atoms with Crippen molar-refractivity contribution in [3.8, 4) is 0 Å². The zero-order valence-electron chi connectivity index (χ0n) is 17.7. The Morgan fingerprint density at radius 3 is 2.59 bits per heavy atom. The molecule has 9 heteroatoms. The lowest BCUT2D eigenvalue weighted by Gasteiger charge is -2.26. The van der Waals surface area contributed by atoms with Crippen LogP contribution in [0.3, 0.4) is 0 Å². The minimum atomic E-state index is -3.42. The SMILES string of the molecule is CCCCS(=O)(=O)Nc1ccc(N(C)C)c(C(=O)NCCCN2CCOCC2)c1. The molecule has 1 saturated heterocycles. The van der Waals surface area contributed by atoms with Gasteiger partial charge in [0.15, 0.2) is 0 Å². The Hall–Kier alpha value is -1.84. The fraction of sp³-hybridized carbons (Fsp3) is 0.650. The highest BCUT2D eigenvalue weighted by Crippen LogP contribution is 2.24. The fourth-order valence-electron chi connectivity index (χ4n) is 3.16. The van der Waals surface area contributed by atoms with Crippen molar-refractivity contribution in [3.05, 3.63) is 23.8 Å². The first kappa shape index (κ1) is 23.4. The van der Waals surface area contributed by atoms with Gasteiger partial charge in [-0.15, -0.1) is 0 Å². The molecule has 0 aromatic heterocycles. The van der Waals surface area contributed by atoms with Gasteiger partial charge in [-0.05, 0) is 37.6 Å². The molecule has 0 spiro atoms. The summed E-state index contributed by atoms with van der Waals surface area (Å²) in [6, 6.07) is 5.06. The monoisotopic (exact) mass is 426 g/mol. The summed E-state index contributed by atoms with van der Waals surface area (Å²) in [5.74, 6) is -0.132. The van der Waals surface area contributed by atoms with E-state index in [1.165, 1.54) is 0 Å². The lowest BCUT2D eigenvalue weighted by atomic mass is 10.1. The molecular formula is C20H34N4O4S. The molecule has 0 unspecified atom stereocenters. The van der Waals surface area contributed by atoms with Gasteiger partial charge >= 0.3 is 0 Å². The average molecular weight is 427 g/mol. The van der Waals surface area contributed by atoms with Gasteiger partial charge in [-0.25, -0.2) is 8.42 Å². The van der Waals surface area contributed by atoms with Crippen LogP contribution >= 0.6 is 0 Å². The summed E-state index contributed by atoms with van der Waals surface area (Å²) < 4.78 is 32.3. The molecule has 2 N–H and O–H groups in total. The zero-order valence-corrected chi connectivity index (χ0v) is 18.6. The second kappa shape index (κ2) is 11.4. The molecule has 8 nitrogen and oxygen atoms in total. The van der Waals surface area contributed by atoms with Crippen molar-refractivity contribution < 1.29 is 17.9 Å². The van der Waals surface area contributed by atoms with Crippen LogP contribution < -0.4 is 14.9 Å². The van der Waals surface area contributed by atoms with Gasteiger partial charge in [0.05, 0.1) is 24.5 Å². The quantitative estimate of drug-likeness (QED) is 0.524. The van der Waals surface area contributed by atoms with E-state index < -0.39 is 10.0 Å². The van der Waals surface area contributed by atoms with Crippen LogP contribution in [-0.2, 0) is 14.8 Å². The van der Waals surface area contributed by atoms with Gasteiger partial charge in [-0.1, -0.05) is 13.3 Å². The maximum absolute atomic E-state index is 12.8. The van der Waals surface area contributed by atoms with Crippen LogP contribution in [0, 0.1) is 0 Å². The zero-order chi connectivity index (χ0) is 21.3. The summed E-state index contributed by atoms with van der Waals surface area (Å²) in [7, 11) is 0.297. The number of amides is 1. The molecule has 0 saturated carbocycles. The van der Waals surface area contributed by atoms with Gasteiger partial charge in [-0.2, -0.15) is 0 Å². The van der Waals surface area contributed by atoms with Crippen molar-refractivity contribution in [2.24, 2.45) is 0 Å². The Morgan fingerprint density at radius 1 is 1.21 bits per heavy atom. The second-order valence-corrected chi connectivity index (χ2v) is 9.31. The number of morpholine rings is 1. The summed E-state index contributed by atoms with van der Waals surface area (Å²) >= 11 is 0. The number of sulfonamides is 1. The summed E-state index contributed by atoms with van der Waals surface area (Å²) in [5, 5.41) is 2.96. The normalized spacial score (nSPS) is 15.1. The number of carbonyl (C=O) groups excluding carboxylic acids is 1. The summed E-state index contributed by atoms with van der Waals surface area (Å²) in [6.07, 6.45) is 2.26. The van der Waals surface area contributed by atoms with E-state index in [0.717, 1.165) is 51.4 Å².